The third kappa shape index (κ3) is 15.1. The number of aryl methyl sites for hydroxylation is 1. The second-order valence-corrected chi connectivity index (χ2v) is 8.29. The first-order valence-corrected chi connectivity index (χ1v) is 11.1. The van der Waals surface area contributed by atoms with Crippen molar-refractivity contribution in [2.75, 3.05) is 11.9 Å². The Morgan fingerprint density at radius 1 is 1.33 bits per heavy atom. The normalized spacial score (nSPS) is 16.1. The minimum Gasteiger partial charge on any atom is -0.379 e. The molecule has 0 aromatic carbocycles. The number of hydrogen-bond acceptors (Lipinski definition) is 8. The molecule has 0 radical (unpaired) electrons. The van der Waals surface area contributed by atoms with Gasteiger partial charge in [-0.15, -0.1) is 12.8 Å². The Bertz CT molecular complexity index is 879. The molecule has 3 N–H and O–H groups in total. The molecule has 2 aromatic rings. The van der Waals surface area contributed by atoms with Crippen molar-refractivity contribution in [1.29, 1.82) is 5.26 Å². The van der Waals surface area contributed by atoms with E-state index in [0.717, 1.165) is 24.4 Å². The van der Waals surface area contributed by atoms with E-state index in [0.29, 0.717) is 34.5 Å². The van der Waals surface area contributed by atoms with Gasteiger partial charge in [0.2, 0.25) is 6.41 Å². The van der Waals surface area contributed by atoms with E-state index in [9.17, 15) is 4.79 Å². The van der Waals surface area contributed by atoms with Gasteiger partial charge >= 0.3 is 0 Å². The molecule has 0 bridgehead atoms. The number of carbonyl (C=O) groups excluding carboxylic acids is 1. The number of aromatic nitrogens is 2. The van der Waals surface area contributed by atoms with E-state index in [1.54, 1.807) is 48.6 Å². The molecule has 9 heteroatoms. The highest BCUT2D eigenvalue weighted by Gasteiger charge is 2.20. The van der Waals surface area contributed by atoms with Crippen LogP contribution in [0.3, 0.4) is 0 Å². The van der Waals surface area contributed by atoms with Crippen LogP contribution in [-0.2, 0) is 9.53 Å². The van der Waals surface area contributed by atoms with Crippen LogP contribution >= 0.6 is 11.8 Å². The summed E-state index contributed by atoms with van der Waals surface area (Å²) in [7, 11) is 0. The number of nitrogens with two attached hydrogens (primary N) is 1. The Hall–Kier alpha value is -3.40. The number of ether oxygens (including phenoxy) is 1. The summed E-state index contributed by atoms with van der Waals surface area (Å²) < 4.78 is 5.55. The molecule has 0 saturated carbocycles. The molecule has 0 saturated heterocycles. The van der Waals surface area contributed by atoms with Crippen LogP contribution in [0.5, 0.6) is 0 Å². The minimum absolute atomic E-state index is 0.302. The zero-order chi connectivity index (χ0) is 25.1. The Balaban J connectivity index is 0.000000458. The number of aliphatic imine (C=N–C) groups is 1. The van der Waals surface area contributed by atoms with Gasteiger partial charge in [-0.05, 0) is 58.4 Å². The van der Waals surface area contributed by atoms with E-state index in [-0.39, 0.29) is 0 Å². The number of terminal acetylenes is 1. The van der Waals surface area contributed by atoms with E-state index in [2.05, 4.69) is 40.0 Å². The van der Waals surface area contributed by atoms with E-state index in [4.69, 9.17) is 15.7 Å². The van der Waals surface area contributed by atoms with E-state index in [1.165, 1.54) is 0 Å². The fourth-order valence-corrected chi connectivity index (χ4v) is 3.46. The number of anilines is 1. The van der Waals surface area contributed by atoms with Gasteiger partial charge in [-0.1, -0.05) is 11.8 Å². The van der Waals surface area contributed by atoms with Crippen molar-refractivity contribution in [3.63, 3.8) is 0 Å². The van der Waals surface area contributed by atoms with E-state index < -0.39 is 0 Å². The first kappa shape index (κ1) is 29.6. The molecule has 0 unspecified atom stereocenters. The van der Waals surface area contributed by atoms with Gasteiger partial charge < -0.3 is 15.8 Å². The van der Waals surface area contributed by atoms with Gasteiger partial charge in [-0.3, -0.25) is 19.8 Å². The average molecular weight is 469 g/mol. The fourth-order valence-electron chi connectivity index (χ4n) is 2.35. The first-order chi connectivity index (χ1) is 15.8. The van der Waals surface area contributed by atoms with Gasteiger partial charge in [0, 0.05) is 35.2 Å². The third-order valence-corrected chi connectivity index (χ3v) is 4.81. The number of nitrogens with one attached hydrogen (secondary N) is 1. The summed E-state index contributed by atoms with van der Waals surface area (Å²) in [6, 6.07) is 9.34. The molecular formula is C24H32N6O2S. The maximum absolute atomic E-state index is 9.84. The van der Waals surface area contributed by atoms with Crippen molar-refractivity contribution in [2.45, 2.75) is 51.5 Å². The van der Waals surface area contributed by atoms with Crippen LogP contribution in [0.25, 0.3) is 0 Å². The first-order valence-electron chi connectivity index (χ1n) is 10.2. The second kappa shape index (κ2) is 18.2. The molecule has 1 aliphatic heterocycles. The summed E-state index contributed by atoms with van der Waals surface area (Å²) in [4.78, 5) is 21.8. The predicted molar refractivity (Wildman–Crippen MR) is 136 cm³/mol. The molecule has 2 atom stereocenters. The molecule has 2 aromatic heterocycles. The summed E-state index contributed by atoms with van der Waals surface area (Å²) in [5, 5.41) is 12.0. The van der Waals surface area contributed by atoms with Gasteiger partial charge in [-0.25, -0.2) is 0 Å². The van der Waals surface area contributed by atoms with Crippen molar-refractivity contribution in [2.24, 2.45) is 10.7 Å². The Morgan fingerprint density at radius 3 is 2.48 bits per heavy atom. The fraction of sp³-hybridized carbons (Fsp3) is 0.375. The topological polar surface area (TPSA) is 126 Å². The summed E-state index contributed by atoms with van der Waals surface area (Å²) in [5.41, 5.74) is 7.99. The predicted octanol–water partition coefficient (Wildman–Crippen LogP) is 3.78. The van der Waals surface area contributed by atoms with Crippen molar-refractivity contribution >= 4 is 29.0 Å². The lowest BCUT2D eigenvalue weighted by molar-refractivity contribution is -0.105. The molecule has 1 aliphatic rings. The van der Waals surface area contributed by atoms with Gasteiger partial charge in [0.15, 0.2) is 5.17 Å². The standard InChI is InChI=1S/C9H18N2OS.C7H6N2.C6H6N2O.C2H2/c1-6(2)12-5-8-4-7(3)11-9(10)13-8;1-6-2-3-7(4-8)5-9-6;9-5-8-6-1-3-7-4-2-6;1-2/h6-8H,4-5H2,1-3H3,(H2,10,11);2-3,5H,1H3;1-5H,(H,7,8,9);1-2H/t7-,8-;;;/m0.../s1. The van der Waals surface area contributed by atoms with Crippen molar-refractivity contribution < 1.29 is 9.53 Å². The molecule has 0 spiro atoms. The number of thioether (sulfide) groups is 1. The monoisotopic (exact) mass is 468 g/mol. The van der Waals surface area contributed by atoms with Crippen LogP contribution in [0.2, 0.25) is 0 Å². The largest absolute Gasteiger partial charge is 0.379 e. The highest BCUT2D eigenvalue weighted by Crippen LogP contribution is 2.24. The molecule has 3 rings (SSSR count). The summed E-state index contributed by atoms with van der Waals surface area (Å²) in [6.45, 7) is 8.86. The number of amidine groups is 1. The van der Waals surface area contributed by atoms with Gasteiger partial charge in [0.25, 0.3) is 0 Å². The number of amides is 1. The molecule has 8 nitrogen and oxygen atoms in total. The number of nitrogens with zero attached hydrogens (tertiary/aromatic N) is 4. The Labute approximate surface area is 201 Å². The number of carbonyl (C=O) groups is 1. The van der Waals surface area contributed by atoms with Crippen LogP contribution in [-0.4, -0.2) is 45.5 Å². The van der Waals surface area contributed by atoms with E-state index in [1.807, 2.05) is 32.9 Å². The summed E-state index contributed by atoms with van der Waals surface area (Å²) >= 11 is 1.63. The minimum atomic E-state index is 0.302. The zero-order valence-corrected chi connectivity index (χ0v) is 20.3. The molecule has 176 valence electrons. The molecule has 33 heavy (non-hydrogen) atoms. The summed E-state index contributed by atoms with van der Waals surface area (Å²) in [5.74, 6) is 0. The zero-order valence-electron chi connectivity index (χ0n) is 19.5. The van der Waals surface area contributed by atoms with Crippen LogP contribution < -0.4 is 11.1 Å². The number of nitriles is 1. The summed E-state index contributed by atoms with van der Waals surface area (Å²) in [6.07, 6.45) is 14.8. The second-order valence-electron chi connectivity index (χ2n) is 6.97. The highest BCUT2D eigenvalue weighted by atomic mass is 32.2. The van der Waals surface area contributed by atoms with Crippen molar-refractivity contribution in [3.8, 4) is 18.9 Å². The van der Waals surface area contributed by atoms with Crippen molar-refractivity contribution in [3.05, 3.63) is 54.1 Å². The average Bonchev–Trinajstić information content (AvgIpc) is 2.81. The SMILES string of the molecule is C#C.CC(C)OC[C@@H]1C[C@H](C)N=C(N)S1.Cc1ccc(C#N)cn1.O=CNc1ccncc1. The maximum Gasteiger partial charge on any atom is 0.211 e. The lowest BCUT2D eigenvalue weighted by Crippen LogP contribution is -2.28. The molecule has 1 amide bonds. The number of hydrogen-bond donors (Lipinski definition) is 2. The lowest BCUT2D eigenvalue weighted by atomic mass is 10.2. The highest BCUT2D eigenvalue weighted by molar-refractivity contribution is 8.14. The van der Waals surface area contributed by atoms with E-state index >= 15 is 0 Å². The van der Waals surface area contributed by atoms with Gasteiger partial charge in [-0.2, -0.15) is 5.26 Å². The number of pyridine rings is 2. The molecule has 0 fully saturated rings. The maximum atomic E-state index is 9.84. The smallest absolute Gasteiger partial charge is 0.211 e. The quantitative estimate of drug-likeness (QED) is 0.505. The molecule has 0 aliphatic carbocycles. The van der Waals surface area contributed by atoms with Crippen LogP contribution in [0.15, 0.2) is 47.8 Å². The van der Waals surface area contributed by atoms with Crippen molar-refractivity contribution in [1.82, 2.24) is 9.97 Å². The number of rotatable bonds is 5. The third-order valence-electron chi connectivity index (χ3n) is 3.80. The van der Waals surface area contributed by atoms with Crippen LogP contribution in [0.4, 0.5) is 5.69 Å². The van der Waals surface area contributed by atoms with Crippen LogP contribution in [0.1, 0.15) is 38.4 Å². The van der Waals surface area contributed by atoms with Gasteiger partial charge in [0.1, 0.15) is 6.07 Å². The Morgan fingerprint density at radius 2 is 2.00 bits per heavy atom. The Kier molecular flexibility index (Phi) is 16.3. The molecule has 3 heterocycles. The lowest BCUT2D eigenvalue weighted by Gasteiger charge is -2.24. The van der Waals surface area contributed by atoms with Crippen LogP contribution in [0, 0.1) is 31.1 Å². The van der Waals surface area contributed by atoms with Gasteiger partial charge in [0.05, 0.1) is 24.3 Å². The molecular weight excluding hydrogens is 436 g/mol.